The van der Waals surface area contributed by atoms with Crippen molar-refractivity contribution in [3.63, 3.8) is 0 Å². The normalized spacial score (nSPS) is 15.7. The van der Waals surface area contributed by atoms with Crippen molar-refractivity contribution >= 4 is 33.3 Å². The van der Waals surface area contributed by atoms with Gasteiger partial charge in [-0.25, -0.2) is 9.78 Å². The number of nitrogens with one attached hydrogen (secondary N) is 1. The Labute approximate surface area is 161 Å². The molecule has 1 aliphatic rings. The third-order valence-electron chi connectivity index (χ3n) is 5.09. The molecule has 0 radical (unpaired) electrons. The number of rotatable bonds is 6. The molecule has 6 nitrogen and oxygen atoms in total. The number of isocyanates is 1. The van der Waals surface area contributed by atoms with Crippen LogP contribution >= 0.6 is 11.3 Å². The first-order valence-electron chi connectivity index (χ1n) is 9.27. The van der Waals surface area contributed by atoms with Crippen molar-refractivity contribution in [1.82, 2.24) is 14.9 Å². The number of H-pyrrole nitrogens is 1. The number of benzene rings is 1. The second-order valence-electron chi connectivity index (χ2n) is 6.71. The zero-order chi connectivity index (χ0) is 18.6. The molecular weight excluding hydrogens is 360 g/mol. The van der Waals surface area contributed by atoms with E-state index in [0.717, 1.165) is 31.6 Å². The molecule has 0 unspecified atom stereocenters. The van der Waals surface area contributed by atoms with Gasteiger partial charge in [-0.2, -0.15) is 4.99 Å². The molecular formula is C20H22N4O2S. The highest BCUT2D eigenvalue weighted by Gasteiger charge is 2.24. The molecule has 27 heavy (non-hydrogen) atoms. The van der Waals surface area contributed by atoms with Gasteiger partial charge in [0, 0.05) is 23.6 Å². The van der Waals surface area contributed by atoms with E-state index < -0.39 is 0 Å². The van der Waals surface area contributed by atoms with Gasteiger partial charge in [-0.1, -0.05) is 29.5 Å². The van der Waals surface area contributed by atoms with Crippen LogP contribution < -0.4 is 4.74 Å². The number of ether oxygens (including phenoxy) is 1. The van der Waals surface area contributed by atoms with E-state index in [0.29, 0.717) is 29.3 Å². The summed E-state index contributed by atoms with van der Waals surface area (Å²) in [4.78, 5) is 24.8. The molecule has 0 saturated carbocycles. The molecule has 140 valence electrons. The maximum atomic E-state index is 10.7. The minimum Gasteiger partial charge on any atom is -0.470 e. The predicted molar refractivity (Wildman–Crippen MR) is 107 cm³/mol. The molecule has 0 bridgehead atoms. The Hall–Kier alpha value is -2.47. The lowest BCUT2D eigenvalue weighted by Gasteiger charge is -2.31. The maximum absolute atomic E-state index is 10.7. The number of para-hydroxylation sites is 1. The number of piperidine rings is 1. The summed E-state index contributed by atoms with van der Waals surface area (Å²) in [6, 6.07) is 8.49. The average Bonchev–Trinajstić information content (AvgIpc) is 3.27. The Kier molecular flexibility index (Phi) is 5.34. The molecule has 0 aliphatic carbocycles. The van der Waals surface area contributed by atoms with Crippen molar-refractivity contribution in [2.45, 2.75) is 32.2 Å². The van der Waals surface area contributed by atoms with Gasteiger partial charge in [0.15, 0.2) is 5.00 Å². The number of carbonyl (C=O) groups excluding carboxylic acids is 1. The van der Waals surface area contributed by atoms with E-state index >= 15 is 0 Å². The largest absolute Gasteiger partial charge is 0.470 e. The number of likely N-dealkylation sites (tertiary alicyclic amines) is 1. The molecule has 1 aliphatic heterocycles. The van der Waals surface area contributed by atoms with Crippen molar-refractivity contribution in [3.8, 4) is 5.19 Å². The van der Waals surface area contributed by atoms with Crippen LogP contribution in [0, 0.1) is 0 Å². The SMILES string of the molecule is CCOc1nc(CN2CCC(c3c[nH]c4ccccc34)CC2)c(N=C=O)s1. The van der Waals surface area contributed by atoms with Crippen LogP contribution in [-0.2, 0) is 11.3 Å². The van der Waals surface area contributed by atoms with Crippen molar-refractivity contribution < 1.29 is 9.53 Å². The fourth-order valence-electron chi connectivity index (χ4n) is 3.79. The summed E-state index contributed by atoms with van der Waals surface area (Å²) in [5.41, 5.74) is 3.43. The third-order valence-corrected chi connectivity index (χ3v) is 6.00. The molecule has 4 rings (SSSR count). The van der Waals surface area contributed by atoms with Gasteiger partial charge in [-0.05, 0) is 50.4 Å². The lowest BCUT2D eigenvalue weighted by molar-refractivity contribution is 0.203. The summed E-state index contributed by atoms with van der Waals surface area (Å²) in [6.45, 7) is 5.14. The molecule has 0 spiro atoms. The molecule has 0 amide bonds. The number of hydrogen-bond donors (Lipinski definition) is 1. The lowest BCUT2D eigenvalue weighted by atomic mass is 9.89. The number of nitrogens with zero attached hydrogens (tertiary/aromatic N) is 3. The first kappa shape index (κ1) is 17.9. The molecule has 7 heteroatoms. The fraction of sp³-hybridized carbons (Fsp3) is 0.400. The molecule has 1 N–H and O–H groups in total. The highest BCUT2D eigenvalue weighted by Crippen LogP contribution is 2.36. The Morgan fingerprint density at radius 2 is 2.19 bits per heavy atom. The molecule has 1 saturated heterocycles. The van der Waals surface area contributed by atoms with Crippen LogP contribution in [-0.4, -0.2) is 40.6 Å². The van der Waals surface area contributed by atoms with Gasteiger partial charge in [0.1, 0.15) is 0 Å². The van der Waals surface area contributed by atoms with Crippen LogP contribution in [0.3, 0.4) is 0 Å². The Morgan fingerprint density at radius 1 is 1.37 bits per heavy atom. The lowest BCUT2D eigenvalue weighted by Crippen LogP contribution is -2.32. The minimum absolute atomic E-state index is 0.549. The number of fused-ring (bicyclic) bond motifs is 1. The topological polar surface area (TPSA) is 70.6 Å². The second kappa shape index (κ2) is 8.05. The van der Waals surface area contributed by atoms with Crippen LogP contribution in [0.1, 0.15) is 36.9 Å². The molecule has 0 atom stereocenters. The van der Waals surface area contributed by atoms with Gasteiger partial charge in [-0.15, -0.1) is 0 Å². The predicted octanol–water partition coefficient (Wildman–Crippen LogP) is 4.37. The summed E-state index contributed by atoms with van der Waals surface area (Å²) in [5.74, 6) is 0.569. The van der Waals surface area contributed by atoms with E-state index in [1.165, 1.54) is 27.8 Å². The van der Waals surface area contributed by atoms with E-state index in [1.54, 1.807) is 6.08 Å². The average molecular weight is 382 g/mol. The fourth-order valence-corrected chi connectivity index (χ4v) is 4.59. The summed E-state index contributed by atoms with van der Waals surface area (Å²) < 4.78 is 5.47. The van der Waals surface area contributed by atoms with E-state index in [2.05, 4.69) is 50.3 Å². The van der Waals surface area contributed by atoms with E-state index in [9.17, 15) is 4.79 Å². The summed E-state index contributed by atoms with van der Waals surface area (Å²) in [7, 11) is 0. The van der Waals surface area contributed by atoms with Gasteiger partial charge in [-0.3, -0.25) is 4.90 Å². The molecule has 2 aromatic heterocycles. The third kappa shape index (κ3) is 3.81. The van der Waals surface area contributed by atoms with Gasteiger partial charge in [0.05, 0.1) is 12.3 Å². The van der Waals surface area contributed by atoms with Crippen molar-refractivity contribution in [1.29, 1.82) is 0 Å². The van der Waals surface area contributed by atoms with E-state index in [1.807, 2.05) is 6.92 Å². The second-order valence-corrected chi connectivity index (χ2v) is 7.65. The first-order valence-corrected chi connectivity index (χ1v) is 10.1. The summed E-state index contributed by atoms with van der Waals surface area (Å²) in [6.07, 6.45) is 6.01. The number of thiazole rings is 1. The molecule has 1 fully saturated rings. The quantitative estimate of drug-likeness (QED) is 0.508. The van der Waals surface area contributed by atoms with Gasteiger partial charge in [0.2, 0.25) is 6.08 Å². The molecule has 1 aromatic carbocycles. The van der Waals surface area contributed by atoms with Crippen molar-refractivity contribution in [3.05, 3.63) is 41.7 Å². The van der Waals surface area contributed by atoms with Crippen molar-refractivity contribution in [2.24, 2.45) is 4.99 Å². The van der Waals surface area contributed by atoms with Crippen LogP contribution in [0.4, 0.5) is 5.00 Å². The standard InChI is InChI=1S/C20H22N4O2S/c1-2-26-20-23-18(19(27-20)22-13-25)12-24-9-7-14(8-10-24)16-11-21-17-6-4-3-5-15(16)17/h3-6,11,14,21H,2,7-10,12H2,1H3. The van der Waals surface area contributed by atoms with E-state index in [-0.39, 0.29) is 0 Å². The van der Waals surface area contributed by atoms with Crippen LogP contribution in [0.25, 0.3) is 10.9 Å². The zero-order valence-electron chi connectivity index (χ0n) is 15.3. The number of aromatic amines is 1. The Morgan fingerprint density at radius 3 is 2.96 bits per heavy atom. The first-order chi connectivity index (χ1) is 13.3. The minimum atomic E-state index is 0.549. The Bertz CT molecular complexity index is 965. The maximum Gasteiger partial charge on any atom is 0.275 e. The summed E-state index contributed by atoms with van der Waals surface area (Å²) >= 11 is 1.30. The van der Waals surface area contributed by atoms with Gasteiger partial charge in [0.25, 0.3) is 5.19 Å². The molecule has 3 heterocycles. The number of aromatic nitrogens is 2. The van der Waals surface area contributed by atoms with Crippen LogP contribution in [0.2, 0.25) is 0 Å². The number of hydrogen-bond acceptors (Lipinski definition) is 6. The summed E-state index contributed by atoms with van der Waals surface area (Å²) in [5, 5.41) is 2.50. The van der Waals surface area contributed by atoms with Gasteiger partial charge < -0.3 is 9.72 Å². The Balaban J connectivity index is 1.43. The van der Waals surface area contributed by atoms with Crippen molar-refractivity contribution in [2.75, 3.05) is 19.7 Å². The monoisotopic (exact) mass is 382 g/mol. The van der Waals surface area contributed by atoms with E-state index in [4.69, 9.17) is 4.74 Å². The van der Waals surface area contributed by atoms with Crippen LogP contribution in [0.15, 0.2) is 35.5 Å². The smallest absolute Gasteiger partial charge is 0.275 e. The molecule has 3 aromatic rings. The highest BCUT2D eigenvalue weighted by molar-refractivity contribution is 7.17. The zero-order valence-corrected chi connectivity index (χ0v) is 16.1. The van der Waals surface area contributed by atoms with Gasteiger partial charge >= 0.3 is 0 Å². The highest BCUT2D eigenvalue weighted by atomic mass is 32.1. The van der Waals surface area contributed by atoms with Crippen LogP contribution in [0.5, 0.6) is 5.19 Å². The number of aliphatic imine (C=N–C) groups is 1.